The van der Waals surface area contributed by atoms with E-state index in [4.69, 9.17) is 18.7 Å². The molecule has 0 aromatic carbocycles. The first-order valence-corrected chi connectivity index (χ1v) is 5.41. The third-order valence-electron chi connectivity index (χ3n) is 0.916. The van der Waals surface area contributed by atoms with Crippen LogP contribution in [-0.4, -0.2) is 56.6 Å². The van der Waals surface area contributed by atoms with Crippen LogP contribution in [0.25, 0.3) is 0 Å². The third kappa shape index (κ3) is 18.4. The zero-order valence-corrected chi connectivity index (χ0v) is 9.56. The first-order chi connectivity index (χ1) is 5.55. The van der Waals surface area contributed by atoms with E-state index >= 15 is 0 Å². The lowest BCUT2D eigenvalue weighted by Crippen LogP contribution is -2.36. The molecule has 0 rings (SSSR count). The molecule has 0 radical (unpaired) electrons. The molecule has 80 valence electrons. The van der Waals surface area contributed by atoms with Crippen molar-refractivity contribution in [2.24, 2.45) is 5.73 Å². The zero-order valence-electron chi connectivity index (χ0n) is 7.98. The van der Waals surface area contributed by atoms with Crippen LogP contribution in [0.15, 0.2) is 0 Å². The highest BCUT2D eigenvalue weighted by Gasteiger charge is 2.00. The molecule has 0 fully saturated rings. The number of hydrogen-bond acceptors (Lipinski definition) is 3. The second-order valence-corrected chi connectivity index (χ2v) is 4.46. The van der Waals surface area contributed by atoms with Crippen LogP contribution in [0.1, 0.15) is 0 Å². The van der Waals surface area contributed by atoms with E-state index in [9.17, 15) is 0 Å². The summed E-state index contributed by atoms with van der Waals surface area (Å²) >= 11 is 0. The highest BCUT2D eigenvalue weighted by Crippen LogP contribution is 1.82. The van der Waals surface area contributed by atoms with Gasteiger partial charge in [0.15, 0.2) is 9.33 Å². The molecule has 0 aliphatic heterocycles. The van der Waals surface area contributed by atoms with Crippen LogP contribution in [-0.2, 0) is 9.33 Å². The molecule has 0 heterocycles. The molecule has 0 aromatic rings. The van der Waals surface area contributed by atoms with Gasteiger partial charge in [-0.1, -0.05) is 0 Å². The van der Waals surface area contributed by atoms with Crippen molar-refractivity contribution in [2.75, 3.05) is 28.2 Å². The highest BCUT2D eigenvalue weighted by molar-refractivity contribution is 8.09. The van der Waals surface area contributed by atoms with Gasteiger partial charge >= 0.3 is 5.96 Å². The number of nitrogens with zero attached hydrogens (tertiary/aromatic N) is 2. The van der Waals surface area contributed by atoms with Crippen LogP contribution in [0.5, 0.6) is 0 Å². The number of rotatable bonds is 0. The summed E-state index contributed by atoms with van der Waals surface area (Å²) in [6, 6.07) is 0. The summed E-state index contributed by atoms with van der Waals surface area (Å²) < 4.78 is 28.4. The summed E-state index contributed by atoms with van der Waals surface area (Å²) in [5.41, 5.74) is 5.53. The Kier molecular flexibility index (Phi) is 6.91. The maximum atomic E-state index is 8.84. The smallest absolute Gasteiger partial charge is 0.344 e. The number of halogens is 1. The van der Waals surface area contributed by atoms with Gasteiger partial charge in [-0.2, -0.15) is 0 Å². The van der Waals surface area contributed by atoms with E-state index in [0.29, 0.717) is 0 Å². The van der Waals surface area contributed by atoms with Crippen LogP contribution in [0.2, 0.25) is 0 Å². The normalized spacial score (nSPS) is 9.69. The lowest BCUT2D eigenvalue weighted by Gasteiger charge is -2.04. The molecule has 0 bridgehead atoms. The van der Waals surface area contributed by atoms with Gasteiger partial charge in [0.1, 0.15) is 0 Å². The van der Waals surface area contributed by atoms with E-state index < -0.39 is 9.33 Å². The van der Waals surface area contributed by atoms with Crippen molar-refractivity contribution in [3.63, 3.8) is 0 Å². The minimum absolute atomic E-state index is 0.769. The maximum Gasteiger partial charge on any atom is 0.344 e. The standard InChI is InChI=1S/C5H13N3.ClHO3S/c1-7(2)5(6)8(3)4;1-5(2,3)4/h6H,1-4H3;(H,2,3,4). The quantitative estimate of drug-likeness (QED) is 0.186. The Balaban J connectivity index is 0. The first kappa shape index (κ1) is 15.0. The molecule has 0 atom stereocenters. The van der Waals surface area contributed by atoms with E-state index in [1.54, 1.807) is 0 Å². The minimum Gasteiger partial charge on any atom is -0.735 e. The highest BCUT2D eigenvalue weighted by atomic mass is 35.7. The SMILES string of the molecule is CN(C)C(N)=[N+](C)C.O=S(=O)([O-])Cl. The van der Waals surface area contributed by atoms with Crippen molar-refractivity contribution in [3.05, 3.63) is 0 Å². The van der Waals surface area contributed by atoms with Gasteiger partial charge in [0.2, 0.25) is 0 Å². The molecule has 6 nitrogen and oxygen atoms in total. The summed E-state index contributed by atoms with van der Waals surface area (Å²) in [6.45, 7) is 0. The zero-order chi connectivity index (χ0) is 11.2. The average Bonchev–Trinajstić information content (AvgIpc) is 1.81. The van der Waals surface area contributed by atoms with Crippen molar-refractivity contribution >= 4 is 26.0 Å². The second kappa shape index (κ2) is 6.01. The Morgan fingerprint density at radius 2 is 1.69 bits per heavy atom. The molecule has 0 amide bonds. The summed E-state index contributed by atoms with van der Waals surface area (Å²) in [6.07, 6.45) is 0. The van der Waals surface area contributed by atoms with E-state index in [1.807, 2.05) is 37.7 Å². The molecule has 0 aromatic heterocycles. The van der Waals surface area contributed by atoms with E-state index in [2.05, 4.69) is 10.7 Å². The van der Waals surface area contributed by atoms with Crippen LogP contribution >= 0.6 is 10.7 Å². The number of nitrogens with two attached hydrogens (primary N) is 1. The largest absolute Gasteiger partial charge is 0.735 e. The Morgan fingerprint density at radius 1 is 1.46 bits per heavy atom. The van der Waals surface area contributed by atoms with Gasteiger partial charge < -0.3 is 4.55 Å². The van der Waals surface area contributed by atoms with E-state index in [-0.39, 0.29) is 0 Å². The van der Waals surface area contributed by atoms with E-state index in [1.165, 1.54) is 0 Å². The van der Waals surface area contributed by atoms with Crippen LogP contribution in [0.3, 0.4) is 0 Å². The van der Waals surface area contributed by atoms with Gasteiger partial charge in [-0.25, -0.2) is 8.42 Å². The summed E-state index contributed by atoms with van der Waals surface area (Å²) in [5.74, 6) is 0.769. The molecular formula is C5H14ClN3O3S. The number of guanidine groups is 1. The first-order valence-electron chi connectivity index (χ1n) is 3.18. The van der Waals surface area contributed by atoms with Crippen molar-refractivity contribution in [1.29, 1.82) is 0 Å². The van der Waals surface area contributed by atoms with Gasteiger partial charge in [0, 0.05) is 10.7 Å². The predicted molar refractivity (Wildman–Crippen MR) is 50.5 cm³/mol. The van der Waals surface area contributed by atoms with Gasteiger partial charge in [-0.05, 0) is 0 Å². The predicted octanol–water partition coefficient (Wildman–Crippen LogP) is -1.18. The Labute approximate surface area is 82.8 Å². The van der Waals surface area contributed by atoms with Crippen molar-refractivity contribution in [2.45, 2.75) is 0 Å². The average molecular weight is 232 g/mol. The molecule has 13 heavy (non-hydrogen) atoms. The fourth-order valence-electron chi connectivity index (χ4n) is 0.400. The Hall–Kier alpha value is -0.530. The van der Waals surface area contributed by atoms with Crippen LogP contribution in [0, 0.1) is 0 Å². The lowest BCUT2D eigenvalue weighted by molar-refractivity contribution is -0.470. The third-order valence-corrected chi connectivity index (χ3v) is 0.916. The molecule has 0 saturated carbocycles. The molecule has 0 aliphatic rings. The monoisotopic (exact) mass is 231 g/mol. The molecule has 2 N–H and O–H groups in total. The van der Waals surface area contributed by atoms with Crippen molar-refractivity contribution in [3.8, 4) is 0 Å². The van der Waals surface area contributed by atoms with E-state index in [0.717, 1.165) is 5.96 Å². The minimum atomic E-state index is -4.44. The van der Waals surface area contributed by atoms with Crippen LogP contribution < -0.4 is 5.73 Å². The van der Waals surface area contributed by atoms with Gasteiger partial charge in [-0.3, -0.25) is 15.2 Å². The molecular weight excluding hydrogens is 218 g/mol. The molecule has 0 spiro atoms. The summed E-state index contributed by atoms with van der Waals surface area (Å²) in [7, 11) is 7.15. The van der Waals surface area contributed by atoms with Crippen LogP contribution in [0.4, 0.5) is 0 Å². The van der Waals surface area contributed by atoms with Crippen molar-refractivity contribution in [1.82, 2.24) is 4.90 Å². The van der Waals surface area contributed by atoms with Crippen molar-refractivity contribution < 1.29 is 17.5 Å². The molecule has 8 heteroatoms. The molecule has 0 aliphatic carbocycles. The topological polar surface area (TPSA) is 89.5 Å². The molecule has 0 unspecified atom stereocenters. The number of hydrogen-bond donors (Lipinski definition) is 1. The summed E-state index contributed by atoms with van der Waals surface area (Å²) in [5, 5.41) is 0. The van der Waals surface area contributed by atoms with Gasteiger partial charge in [-0.15, -0.1) is 0 Å². The lowest BCUT2D eigenvalue weighted by atomic mass is 10.8. The fourth-order valence-corrected chi connectivity index (χ4v) is 0.400. The van der Waals surface area contributed by atoms with Gasteiger partial charge in [0.05, 0.1) is 28.2 Å². The van der Waals surface area contributed by atoms with Gasteiger partial charge in [0.25, 0.3) is 0 Å². The Morgan fingerprint density at radius 3 is 1.69 bits per heavy atom. The Bertz CT molecular complexity index is 261. The molecule has 0 saturated heterocycles. The summed E-state index contributed by atoms with van der Waals surface area (Å²) in [4.78, 5) is 1.86. The second-order valence-electron chi connectivity index (χ2n) is 2.54. The fraction of sp³-hybridized carbons (Fsp3) is 0.800. The maximum absolute atomic E-state index is 8.84.